The summed E-state index contributed by atoms with van der Waals surface area (Å²) in [6.45, 7) is 2.16. The Kier molecular flexibility index (Phi) is 5.58. The summed E-state index contributed by atoms with van der Waals surface area (Å²) in [5.74, 6) is -1.09. The fourth-order valence-corrected chi connectivity index (χ4v) is 4.24. The standard InChI is InChI=1S/C21H19ClF3N5O2/c1-11-17-13(8-10-30(11)19(31)12-5-4-6-15(32-3)16(12)22)18(29(2)28-17)14-7-9-26-20(27-14)21(23,24)25/h4-7,9,11H,8,10H2,1-3H3/t11-/m0/s1. The number of carbonyl (C=O) groups is 1. The number of nitrogens with zero attached hydrogens (tertiary/aromatic N) is 5. The molecule has 3 aromatic rings. The quantitative estimate of drug-likeness (QED) is 0.576. The Labute approximate surface area is 186 Å². The van der Waals surface area contributed by atoms with E-state index in [9.17, 15) is 18.0 Å². The van der Waals surface area contributed by atoms with E-state index in [1.54, 1.807) is 30.1 Å². The number of hydrogen-bond acceptors (Lipinski definition) is 5. The van der Waals surface area contributed by atoms with E-state index in [4.69, 9.17) is 16.3 Å². The van der Waals surface area contributed by atoms with Crippen molar-refractivity contribution in [3.05, 3.63) is 58.1 Å². The molecule has 0 N–H and O–H groups in total. The van der Waals surface area contributed by atoms with Crippen LogP contribution in [0.2, 0.25) is 5.02 Å². The van der Waals surface area contributed by atoms with Crippen LogP contribution in [-0.4, -0.2) is 44.2 Å². The van der Waals surface area contributed by atoms with Gasteiger partial charge in [-0.15, -0.1) is 0 Å². The molecule has 11 heteroatoms. The average Bonchev–Trinajstić information content (AvgIpc) is 3.10. The SMILES string of the molecule is COc1cccc(C(=O)N2CCc3c(nn(C)c3-c3ccnc(C(F)(F)F)n3)[C@@H]2C)c1Cl. The maximum absolute atomic E-state index is 13.2. The second-order valence-corrected chi connectivity index (χ2v) is 7.72. The molecular weight excluding hydrogens is 447 g/mol. The van der Waals surface area contributed by atoms with Crippen LogP contribution in [0, 0.1) is 0 Å². The third kappa shape index (κ3) is 3.68. The molecule has 0 aliphatic carbocycles. The highest BCUT2D eigenvalue weighted by Crippen LogP contribution is 2.37. The van der Waals surface area contributed by atoms with Gasteiger partial charge in [0, 0.05) is 25.4 Å². The van der Waals surface area contributed by atoms with Crippen LogP contribution in [0.3, 0.4) is 0 Å². The van der Waals surface area contributed by atoms with Gasteiger partial charge in [0.1, 0.15) is 5.75 Å². The molecule has 0 saturated heterocycles. The minimum absolute atomic E-state index is 0.131. The Bertz CT molecular complexity index is 1190. The molecule has 0 unspecified atom stereocenters. The fourth-order valence-electron chi connectivity index (χ4n) is 3.96. The van der Waals surface area contributed by atoms with E-state index in [-0.39, 0.29) is 16.6 Å². The van der Waals surface area contributed by atoms with Crippen LogP contribution in [0.4, 0.5) is 13.2 Å². The van der Waals surface area contributed by atoms with Gasteiger partial charge in [0.05, 0.1) is 40.8 Å². The lowest BCUT2D eigenvalue weighted by Gasteiger charge is -2.33. The van der Waals surface area contributed by atoms with Crippen molar-refractivity contribution in [1.29, 1.82) is 0 Å². The van der Waals surface area contributed by atoms with E-state index in [1.807, 2.05) is 6.92 Å². The van der Waals surface area contributed by atoms with E-state index >= 15 is 0 Å². The van der Waals surface area contributed by atoms with Crippen molar-refractivity contribution in [2.75, 3.05) is 13.7 Å². The summed E-state index contributed by atoms with van der Waals surface area (Å²) in [7, 11) is 3.11. The number of carbonyl (C=O) groups excluding carboxylic acids is 1. The molecule has 0 saturated carbocycles. The van der Waals surface area contributed by atoms with Gasteiger partial charge in [-0.1, -0.05) is 17.7 Å². The lowest BCUT2D eigenvalue weighted by atomic mass is 9.96. The molecule has 168 valence electrons. The number of fused-ring (bicyclic) bond motifs is 1. The number of aryl methyl sites for hydroxylation is 1. The van der Waals surface area contributed by atoms with Gasteiger partial charge >= 0.3 is 6.18 Å². The molecular formula is C21H19ClF3N5O2. The smallest absolute Gasteiger partial charge is 0.451 e. The maximum atomic E-state index is 13.2. The molecule has 1 aromatic carbocycles. The highest BCUT2D eigenvalue weighted by atomic mass is 35.5. The van der Waals surface area contributed by atoms with E-state index in [0.29, 0.717) is 35.7 Å². The summed E-state index contributed by atoms with van der Waals surface area (Å²) in [6.07, 6.45) is -3.17. The molecule has 0 spiro atoms. The van der Waals surface area contributed by atoms with Crippen LogP contribution >= 0.6 is 11.6 Å². The number of alkyl halides is 3. The Morgan fingerprint density at radius 1 is 1.28 bits per heavy atom. The van der Waals surface area contributed by atoms with Gasteiger partial charge in [-0.3, -0.25) is 9.48 Å². The first-order chi connectivity index (χ1) is 15.1. The predicted octanol–water partition coefficient (Wildman–Crippen LogP) is 4.32. The fraction of sp³-hybridized carbons (Fsp3) is 0.333. The van der Waals surface area contributed by atoms with Crippen LogP contribution in [-0.2, 0) is 19.6 Å². The van der Waals surface area contributed by atoms with Gasteiger partial charge in [-0.2, -0.15) is 18.3 Å². The first-order valence-corrected chi connectivity index (χ1v) is 10.1. The summed E-state index contributed by atoms with van der Waals surface area (Å²) < 4.78 is 46.0. The minimum atomic E-state index is -4.65. The van der Waals surface area contributed by atoms with Gasteiger partial charge < -0.3 is 9.64 Å². The van der Waals surface area contributed by atoms with Crippen LogP contribution in [0.15, 0.2) is 30.5 Å². The Morgan fingerprint density at radius 2 is 2.03 bits per heavy atom. The van der Waals surface area contributed by atoms with Crippen molar-refractivity contribution in [3.63, 3.8) is 0 Å². The Morgan fingerprint density at radius 3 is 2.72 bits per heavy atom. The molecule has 2 aromatic heterocycles. The number of benzene rings is 1. The third-order valence-electron chi connectivity index (χ3n) is 5.47. The largest absolute Gasteiger partial charge is 0.495 e. The van der Waals surface area contributed by atoms with Crippen LogP contribution < -0.4 is 4.74 Å². The van der Waals surface area contributed by atoms with Gasteiger partial charge in [-0.25, -0.2) is 9.97 Å². The zero-order chi connectivity index (χ0) is 23.2. The Balaban J connectivity index is 1.71. The molecule has 32 heavy (non-hydrogen) atoms. The highest BCUT2D eigenvalue weighted by Gasteiger charge is 2.37. The molecule has 3 heterocycles. The van der Waals surface area contributed by atoms with E-state index in [1.165, 1.54) is 17.9 Å². The second kappa shape index (κ2) is 8.09. The van der Waals surface area contributed by atoms with Gasteiger partial charge in [0.25, 0.3) is 5.91 Å². The van der Waals surface area contributed by atoms with Crippen LogP contribution in [0.5, 0.6) is 5.75 Å². The first kappa shape index (κ1) is 22.1. The summed E-state index contributed by atoms with van der Waals surface area (Å²) in [5.41, 5.74) is 2.28. The lowest BCUT2D eigenvalue weighted by Crippen LogP contribution is -2.39. The summed E-state index contributed by atoms with van der Waals surface area (Å²) >= 11 is 6.33. The number of hydrogen-bond donors (Lipinski definition) is 0. The number of halogens is 4. The van der Waals surface area contributed by atoms with Gasteiger partial charge in [0.15, 0.2) is 0 Å². The van der Waals surface area contributed by atoms with E-state index in [0.717, 1.165) is 11.8 Å². The number of aromatic nitrogens is 4. The molecule has 1 amide bonds. The van der Waals surface area contributed by atoms with Crippen molar-refractivity contribution >= 4 is 17.5 Å². The number of ether oxygens (including phenoxy) is 1. The topological polar surface area (TPSA) is 73.1 Å². The maximum Gasteiger partial charge on any atom is 0.451 e. The summed E-state index contributed by atoms with van der Waals surface area (Å²) in [5, 5.41) is 4.73. The molecule has 1 aliphatic rings. The number of rotatable bonds is 3. The average molecular weight is 466 g/mol. The predicted molar refractivity (Wildman–Crippen MR) is 110 cm³/mol. The molecule has 4 rings (SSSR count). The Hall–Kier alpha value is -3.14. The summed E-state index contributed by atoms with van der Waals surface area (Å²) in [6, 6.07) is 5.98. The monoisotopic (exact) mass is 465 g/mol. The van der Waals surface area contributed by atoms with Crippen LogP contribution in [0.25, 0.3) is 11.4 Å². The molecule has 0 radical (unpaired) electrons. The highest BCUT2D eigenvalue weighted by molar-refractivity contribution is 6.35. The van der Waals surface area contributed by atoms with Gasteiger partial charge in [-0.05, 0) is 31.5 Å². The number of methoxy groups -OCH3 is 1. The number of amides is 1. The van der Waals surface area contributed by atoms with E-state index in [2.05, 4.69) is 15.1 Å². The van der Waals surface area contributed by atoms with Crippen molar-refractivity contribution in [2.24, 2.45) is 7.05 Å². The zero-order valence-electron chi connectivity index (χ0n) is 17.4. The van der Waals surface area contributed by atoms with E-state index < -0.39 is 18.0 Å². The normalized spacial score (nSPS) is 16.1. The van der Waals surface area contributed by atoms with Gasteiger partial charge in [0.2, 0.25) is 5.82 Å². The van der Waals surface area contributed by atoms with Crippen molar-refractivity contribution in [2.45, 2.75) is 25.6 Å². The van der Waals surface area contributed by atoms with Crippen molar-refractivity contribution in [1.82, 2.24) is 24.6 Å². The second-order valence-electron chi connectivity index (χ2n) is 7.35. The molecule has 0 fully saturated rings. The van der Waals surface area contributed by atoms with Crippen LogP contribution in [0.1, 0.15) is 40.4 Å². The van der Waals surface area contributed by atoms with Crippen molar-refractivity contribution < 1.29 is 22.7 Å². The molecule has 7 nitrogen and oxygen atoms in total. The molecule has 1 atom stereocenters. The van der Waals surface area contributed by atoms with Crippen molar-refractivity contribution in [3.8, 4) is 17.1 Å². The third-order valence-corrected chi connectivity index (χ3v) is 5.86. The summed E-state index contributed by atoms with van der Waals surface area (Å²) in [4.78, 5) is 21.9. The minimum Gasteiger partial charge on any atom is -0.495 e. The molecule has 1 aliphatic heterocycles. The lowest BCUT2D eigenvalue weighted by molar-refractivity contribution is -0.144. The molecule has 0 bridgehead atoms. The zero-order valence-corrected chi connectivity index (χ0v) is 18.2. The first-order valence-electron chi connectivity index (χ1n) is 9.73.